The first-order chi connectivity index (χ1) is 21.3. The van der Waals surface area contributed by atoms with Crippen LogP contribution in [-0.4, -0.2) is 40.5 Å². The number of hydrogen-bond donors (Lipinski definition) is 2. The summed E-state index contributed by atoms with van der Waals surface area (Å²) in [6.07, 6.45) is 1.28. The number of hydrogen-bond acceptors (Lipinski definition) is 7. The van der Waals surface area contributed by atoms with Gasteiger partial charge in [-0.25, -0.2) is 14.6 Å². The van der Waals surface area contributed by atoms with Crippen molar-refractivity contribution in [3.05, 3.63) is 105 Å². The smallest absolute Gasteiger partial charge is 0.341 e. The van der Waals surface area contributed by atoms with Crippen LogP contribution in [0.25, 0.3) is 22.4 Å². The van der Waals surface area contributed by atoms with Gasteiger partial charge in [0.1, 0.15) is 10.8 Å². The maximum absolute atomic E-state index is 13.3. The molecule has 2 heterocycles. The predicted molar refractivity (Wildman–Crippen MR) is 171 cm³/mol. The van der Waals surface area contributed by atoms with E-state index in [0.717, 1.165) is 34.4 Å². The van der Waals surface area contributed by atoms with Gasteiger partial charge in [-0.2, -0.15) is 0 Å². The summed E-state index contributed by atoms with van der Waals surface area (Å²) in [6, 6.07) is 23.4. The van der Waals surface area contributed by atoms with Gasteiger partial charge in [-0.05, 0) is 75.3 Å². The Morgan fingerprint density at radius 3 is 2.57 bits per heavy atom. The molecular weight excluding hydrogens is 574 g/mol. The lowest BCUT2D eigenvalue weighted by Crippen LogP contribution is -2.30. The Bertz CT molecular complexity index is 1840. The van der Waals surface area contributed by atoms with E-state index in [2.05, 4.69) is 27.4 Å². The Hall–Kier alpha value is -4.76. The van der Waals surface area contributed by atoms with Crippen LogP contribution in [0.15, 0.2) is 72.8 Å². The second-order valence-corrected chi connectivity index (χ2v) is 12.1. The van der Waals surface area contributed by atoms with Crippen LogP contribution in [0.1, 0.15) is 68.5 Å². The molecule has 2 unspecified atom stereocenters. The van der Waals surface area contributed by atoms with Crippen LogP contribution in [0.5, 0.6) is 0 Å². The molecule has 8 nitrogen and oxygen atoms in total. The Morgan fingerprint density at radius 2 is 1.82 bits per heavy atom. The Morgan fingerprint density at radius 1 is 1.05 bits per heavy atom. The Balaban J connectivity index is 1.17. The van der Waals surface area contributed by atoms with Crippen LogP contribution >= 0.6 is 11.3 Å². The fraction of sp³-hybridized carbons (Fsp3) is 0.257. The van der Waals surface area contributed by atoms with Gasteiger partial charge < -0.3 is 19.8 Å². The number of nitrogens with zero attached hydrogens (tertiary/aromatic N) is 1. The molecule has 1 aliphatic carbocycles. The quantitative estimate of drug-likeness (QED) is 0.180. The number of aromatic amines is 1. The molecule has 0 saturated carbocycles. The number of benzene rings is 3. The van der Waals surface area contributed by atoms with Crippen LogP contribution < -0.4 is 5.32 Å². The van der Waals surface area contributed by atoms with Gasteiger partial charge in [0.05, 0.1) is 28.8 Å². The molecule has 3 aromatic carbocycles. The molecule has 44 heavy (non-hydrogen) atoms. The van der Waals surface area contributed by atoms with Crippen LogP contribution in [0.4, 0.5) is 5.00 Å². The van der Waals surface area contributed by atoms with Crippen LogP contribution in [0.2, 0.25) is 0 Å². The highest BCUT2D eigenvalue weighted by Crippen LogP contribution is 2.43. The van der Waals surface area contributed by atoms with Gasteiger partial charge in [0.25, 0.3) is 5.91 Å². The van der Waals surface area contributed by atoms with Gasteiger partial charge in [-0.15, -0.1) is 11.3 Å². The molecule has 224 valence electrons. The van der Waals surface area contributed by atoms with Gasteiger partial charge in [-0.3, -0.25) is 4.79 Å². The second kappa shape index (κ2) is 12.5. The van der Waals surface area contributed by atoms with Gasteiger partial charge in [-0.1, -0.05) is 60.2 Å². The number of amides is 1. The molecule has 5 aromatic rings. The molecule has 0 saturated heterocycles. The SMILES string of the molecule is CCOC(=O)c1c(NC(=O)C(C)OC(=O)c2ccc3nc(-c4ccc(C)cc4)[nH]c3c2)sc2c1CCC(c1ccccc1)C2. The number of nitrogens with one attached hydrogen (secondary N) is 2. The lowest BCUT2D eigenvalue weighted by Gasteiger charge is -2.23. The van der Waals surface area contributed by atoms with Crippen molar-refractivity contribution >= 4 is 45.2 Å². The summed E-state index contributed by atoms with van der Waals surface area (Å²) >= 11 is 1.39. The molecule has 0 aliphatic heterocycles. The predicted octanol–water partition coefficient (Wildman–Crippen LogP) is 7.23. The largest absolute Gasteiger partial charge is 0.462 e. The number of H-pyrrole nitrogens is 1. The van der Waals surface area contributed by atoms with E-state index in [1.54, 1.807) is 25.1 Å². The first-order valence-corrected chi connectivity index (χ1v) is 15.6. The molecule has 0 radical (unpaired) electrons. The van der Waals surface area contributed by atoms with E-state index in [-0.39, 0.29) is 6.61 Å². The molecule has 2 atom stereocenters. The van der Waals surface area contributed by atoms with E-state index in [0.29, 0.717) is 45.3 Å². The van der Waals surface area contributed by atoms with E-state index >= 15 is 0 Å². The van der Waals surface area contributed by atoms with Crippen LogP contribution in [-0.2, 0) is 27.1 Å². The number of aromatic nitrogens is 2. The van der Waals surface area contributed by atoms with Crippen molar-refractivity contribution in [2.24, 2.45) is 0 Å². The molecule has 6 rings (SSSR count). The van der Waals surface area contributed by atoms with Crippen molar-refractivity contribution in [2.45, 2.75) is 52.1 Å². The van der Waals surface area contributed by atoms with Crippen molar-refractivity contribution in [1.82, 2.24) is 9.97 Å². The van der Waals surface area contributed by atoms with E-state index in [1.807, 2.05) is 49.4 Å². The first kappa shape index (κ1) is 29.3. The molecule has 1 amide bonds. The third-order valence-electron chi connectivity index (χ3n) is 7.95. The number of anilines is 1. The molecule has 9 heteroatoms. The molecular formula is C35H33N3O5S. The molecule has 2 N–H and O–H groups in total. The fourth-order valence-corrected chi connectivity index (χ4v) is 6.90. The van der Waals surface area contributed by atoms with Crippen molar-refractivity contribution in [1.29, 1.82) is 0 Å². The molecule has 0 fully saturated rings. The van der Waals surface area contributed by atoms with Gasteiger partial charge in [0.15, 0.2) is 6.10 Å². The fourth-order valence-electron chi connectivity index (χ4n) is 5.58. The van der Waals surface area contributed by atoms with E-state index in [9.17, 15) is 14.4 Å². The lowest BCUT2D eigenvalue weighted by molar-refractivity contribution is -0.123. The summed E-state index contributed by atoms with van der Waals surface area (Å²) in [5.41, 5.74) is 6.37. The van der Waals surface area contributed by atoms with Crippen molar-refractivity contribution in [3.8, 4) is 11.4 Å². The third-order valence-corrected chi connectivity index (χ3v) is 9.12. The number of imidazole rings is 1. The van der Waals surface area contributed by atoms with E-state index < -0.39 is 23.9 Å². The minimum Gasteiger partial charge on any atom is -0.462 e. The van der Waals surface area contributed by atoms with Crippen LogP contribution in [0, 0.1) is 6.92 Å². The number of esters is 2. The summed E-state index contributed by atoms with van der Waals surface area (Å²) in [7, 11) is 0. The standard InChI is InChI=1S/C35H33N3O5S/c1-4-42-35(41)30-26-16-14-24(22-8-6-5-7-9-22)19-29(26)44-33(30)38-32(39)21(3)43-34(40)25-15-17-27-28(18-25)37-31(36-27)23-12-10-20(2)11-13-23/h5-13,15,17-18,21,24H,4,14,16,19H2,1-3H3,(H,36,37)(H,38,39). The van der Waals surface area contributed by atoms with Crippen molar-refractivity contribution in [3.63, 3.8) is 0 Å². The number of fused-ring (bicyclic) bond motifs is 2. The summed E-state index contributed by atoms with van der Waals surface area (Å²) in [4.78, 5) is 48.3. The van der Waals surface area contributed by atoms with Gasteiger partial charge in [0.2, 0.25) is 0 Å². The zero-order valence-electron chi connectivity index (χ0n) is 24.8. The summed E-state index contributed by atoms with van der Waals surface area (Å²) in [6.45, 7) is 5.52. The lowest BCUT2D eigenvalue weighted by atomic mass is 9.83. The van der Waals surface area contributed by atoms with Crippen molar-refractivity contribution < 1.29 is 23.9 Å². The minimum absolute atomic E-state index is 0.227. The number of aryl methyl sites for hydroxylation is 1. The average Bonchev–Trinajstić information content (AvgIpc) is 3.62. The Labute approximate surface area is 259 Å². The minimum atomic E-state index is -1.10. The van der Waals surface area contributed by atoms with Gasteiger partial charge >= 0.3 is 11.9 Å². The van der Waals surface area contributed by atoms with E-state index in [1.165, 1.54) is 23.8 Å². The monoisotopic (exact) mass is 607 g/mol. The highest BCUT2D eigenvalue weighted by atomic mass is 32.1. The first-order valence-electron chi connectivity index (χ1n) is 14.8. The second-order valence-electron chi connectivity index (χ2n) is 11.0. The maximum Gasteiger partial charge on any atom is 0.341 e. The summed E-state index contributed by atoms with van der Waals surface area (Å²) < 4.78 is 10.9. The number of carbonyl (C=O) groups excluding carboxylic acids is 3. The zero-order chi connectivity index (χ0) is 30.8. The highest BCUT2D eigenvalue weighted by molar-refractivity contribution is 7.17. The number of ether oxygens (including phenoxy) is 2. The molecule has 0 spiro atoms. The van der Waals surface area contributed by atoms with E-state index in [4.69, 9.17) is 9.47 Å². The van der Waals surface area contributed by atoms with Crippen LogP contribution in [0.3, 0.4) is 0 Å². The highest BCUT2D eigenvalue weighted by Gasteiger charge is 2.32. The topological polar surface area (TPSA) is 110 Å². The number of carbonyl (C=O) groups is 3. The number of thiophene rings is 1. The zero-order valence-corrected chi connectivity index (χ0v) is 25.6. The molecule has 2 aromatic heterocycles. The average molecular weight is 608 g/mol. The molecule has 1 aliphatic rings. The summed E-state index contributed by atoms with van der Waals surface area (Å²) in [5, 5.41) is 3.29. The third kappa shape index (κ3) is 6.01. The van der Waals surface area contributed by atoms with Crippen molar-refractivity contribution in [2.75, 3.05) is 11.9 Å². The maximum atomic E-state index is 13.3. The Kier molecular flexibility index (Phi) is 8.30. The summed E-state index contributed by atoms with van der Waals surface area (Å²) in [5.74, 6) is -0.583. The molecule has 0 bridgehead atoms. The number of rotatable bonds is 8. The normalized spacial score (nSPS) is 14.9. The van der Waals surface area contributed by atoms with Gasteiger partial charge in [0, 0.05) is 10.4 Å².